The summed E-state index contributed by atoms with van der Waals surface area (Å²) >= 11 is 0. The summed E-state index contributed by atoms with van der Waals surface area (Å²) < 4.78 is 37.4. The predicted molar refractivity (Wildman–Crippen MR) is 110 cm³/mol. The molecule has 9 heteroatoms. The van der Waals surface area contributed by atoms with E-state index in [2.05, 4.69) is 10.3 Å². The first-order valence-corrected chi connectivity index (χ1v) is 10.6. The summed E-state index contributed by atoms with van der Waals surface area (Å²) in [5.41, 5.74) is 0.0243. The van der Waals surface area contributed by atoms with Gasteiger partial charge in [-0.05, 0) is 55.7 Å². The highest BCUT2D eigenvalue weighted by Gasteiger charge is 2.50. The molecule has 2 amide bonds. The third-order valence-electron chi connectivity index (χ3n) is 6.81. The van der Waals surface area contributed by atoms with E-state index in [1.54, 1.807) is 24.9 Å². The molecule has 2 fully saturated rings. The molecule has 1 aromatic heterocycles. The van der Waals surface area contributed by atoms with Crippen LogP contribution in [0.25, 0.3) is 0 Å². The normalized spacial score (nSPS) is 27.0. The van der Waals surface area contributed by atoms with Crippen LogP contribution in [0.3, 0.4) is 0 Å². The molecule has 0 aromatic carbocycles. The number of hydrogen-bond acceptors (Lipinski definition) is 4. The summed E-state index contributed by atoms with van der Waals surface area (Å²) in [6.45, 7) is 4.28. The number of pyridine rings is 1. The van der Waals surface area contributed by atoms with Gasteiger partial charge in [0.15, 0.2) is 0 Å². The lowest BCUT2D eigenvalue weighted by atomic mass is 9.65. The van der Waals surface area contributed by atoms with Crippen LogP contribution in [0.4, 0.5) is 13.2 Å². The zero-order valence-corrected chi connectivity index (χ0v) is 18.3. The van der Waals surface area contributed by atoms with Crippen LogP contribution in [-0.4, -0.2) is 54.6 Å². The monoisotopic (exact) mass is 440 g/mol. The molecule has 1 aromatic rings. The second kappa shape index (κ2) is 8.41. The summed E-state index contributed by atoms with van der Waals surface area (Å²) in [6.07, 6.45) is 0.827. The van der Waals surface area contributed by atoms with Gasteiger partial charge in [0.05, 0.1) is 11.2 Å². The number of nitrogens with one attached hydrogen (secondary N) is 2. The zero-order chi connectivity index (χ0) is 22.9. The molecule has 1 aliphatic heterocycles. The van der Waals surface area contributed by atoms with Gasteiger partial charge in [0.25, 0.3) is 0 Å². The highest BCUT2D eigenvalue weighted by atomic mass is 19.4. The lowest BCUT2D eigenvalue weighted by molar-refractivity contribution is -0.174. The lowest BCUT2D eigenvalue weighted by Gasteiger charge is -2.44. The van der Waals surface area contributed by atoms with Crippen LogP contribution in [-0.2, 0) is 15.1 Å². The second-order valence-electron chi connectivity index (χ2n) is 9.82. The van der Waals surface area contributed by atoms with Gasteiger partial charge in [-0.1, -0.05) is 19.9 Å². The van der Waals surface area contributed by atoms with E-state index in [-0.39, 0.29) is 23.4 Å². The summed E-state index contributed by atoms with van der Waals surface area (Å²) in [5.74, 6) is -1.92. The molecule has 6 nitrogen and oxygen atoms in total. The van der Waals surface area contributed by atoms with Gasteiger partial charge in [-0.2, -0.15) is 13.2 Å². The minimum absolute atomic E-state index is 0.0324. The number of carbonyl (C=O) groups is 2. The average molecular weight is 441 g/mol. The largest absolute Gasteiger partial charge is 0.471 e. The Kier molecular flexibility index (Phi) is 6.37. The van der Waals surface area contributed by atoms with Crippen molar-refractivity contribution in [2.75, 3.05) is 26.7 Å². The molecule has 172 valence electrons. The lowest BCUT2D eigenvalue weighted by Crippen LogP contribution is -2.48. The Labute approximate surface area is 181 Å². The smallest absolute Gasteiger partial charge is 0.348 e. The minimum Gasteiger partial charge on any atom is -0.348 e. The van der Waals surface area contributed by atoms with E-state index >= 15 is 0 Å². The first kappa shape index (κ1) is 23.5. The molecule has 0 bridgehead atoms. The highest BCUT2D eigenvalue weighted by Crippen LogP contribution is 2.50. The van der Waals surface area contributed by atoms with Crippen LogP contribution in [0.1, 0.15) is 51.6 Å². The third kappa shape index (κ3) is 5.19. The van der Waals surface area contributed by atoms with Crippen LogP contribution in [0.2, 0.25) is 0 Å². The molecule has 2 N–H and O–H groups in total. The molecular weight excluding hydrogens is 409 g/mol. The number of aromatic nitrogens is 1. The number of hydrogen-bond donors (Lipinski definition) is 2. The zero-order valence-electron chi connectivity index (χ0n) is 18.3. The standard InChI is InChI=1S/C22H31F3N4O2/c1-19(2,13-28-18(31)22(23,24)25)14-29-15-20(12-17(29)30)7-9-21(26-3,10-8-20)16-6-4-5-11-27-16/h4-6,11,26H,7-10,12-15H2,1-3H3,(H,28,31). The number of halogens is 3. The van der Waals surface area contributed by atoms with Crippen molar-refractivity contribution in [2.45, 2.75) is 57.7 Å². The van der Waals surface area contributed by atoms with Crippen molar-refractivity contribution in [1.82, 2.24) is 20.5 Å². The molecular formula is C22H31F3N4O2. The van der Waals surface area contributed by atoms with Gasteiger partial charge in [-0.25, -0.2) is 0 Å². The van der Waals surface area contributed by atoms with Crippen molar-refractivity contribution in [3.8, 4) is 0 Å². The van der Waals surface area contributed by atoms with E-state index in [1.807, 2.05) is 30.6 Å². The summed E-state index contributed by atoms with van der Waals surface area (Å²) in [4.78, 5) is 30.2. The first-order chi connectivity index (χ1) is 14.4. The topological polar surface area (TPSA) is 74.3 Å². The van der Waals surface area contributed by atoms with Crippen molar-refractivity contribution >= 4 is 11.8 Å². The van der Waals surface area contributed by atoms with Crippen LogP contribution in [0.15, 0.2) is 24.4 Å². The molecule has 3 rings (SSSR count). The SMILES string of the molecule is CNC1(c2ccccn2)CCC2(CC1)CC(=O)N(CC(C)(C)CNC(=O)C(F)(F)F)C2. The Balaban J connectivity index is 1.61. The van der Waals surface area contributed by atoms with Crippen molar-refractivity contribution in [3.05, 3.63) is 30.1 Å². The molecule has 1 aliphatic carbocycles. The molecule has 2 aliphatic rings. The highest BCUT2D eigenvalue weighted by molar-refractivity contribution is 5.81. The fourth-order valence-electron chi connectivity index (χ4n) is 4.94. The first-order valence-electron chi connectivity index (χ1n) is 10.6. The summed E-state index contributed by atoms with van der Waals surface area (Å²) in [7, 11) is 1.94. The van der Waals surface area contributed by atoms with Crippen molar-refractivity contribution in [1.29, 1.82) is 0 Å². The quantitative estimate of drug-likeness (QED) is 0.713. The number of amides is 2. The fourth-order valence-corrected chi connectivity index (χ4v) is 4.94. The molecule has 2 heterocycles. The molecule has 0 unspecified atom stereocenters. The Hall–Kier alpha value is -2.16. The number of rotatable bonds is 6. The van der Waals surface area contributed by atoms with E-state index in [1.165, 1.54) is 0 Å². The summed E-state index contributed by atoms with van der Waals surface area (Å²) in [5, 5.41) is 5.39. The predicted octanol–water partition coefficient (Wildman–Crippen LogP) is 2.99. The molecule has 0 radical (unpaired) electrons. The van der Waals surface area contributed by atoms with Gasteiger partial charge in [-0.15, -0.1) is 0 Å². The van der Waals surface area contributed by atoms with E-state index in [0.29, 0.717) is 19.5 Å². The van der Waals surface area contributed by atoms with E-state index in [9.17, 15) is 22.8 Å². The molecule has 1 saturated carbocycles. The van der Waals surface area contributed by atoms with Crippen molar-refractivity contribution in [3.63, 3.8) is 0 Å². The van der Waals surface area contributed by atoms with Crippen LogP contribution >= 0.6 is 0 Å². The van der Waals surface area contributed by atoms with Crippen molar-refractivity contribution in [2.24, 2.45) is 10.8 Å². The third-order valence-corrected chi connectivity index (χ3v) is 6.81. The van der Waals surface area contributed by atoms with E-state index in [0.717, 1.165) is 31.4 Å². The number of carbonyl (C=O) groups excluding carboxylic acids is 2. The molecule has 31 heavy (non-hydrogen) atoms. The maximum absolute atomic E-state index is 12.8. The van der Waals surface area contributed by atoms with E-state index < -0.39 is 17.5 Å². The van der Waals surface area contributed by atoms with Crippen LogP contribution in [0.5, 0.6) is 0 Å². The Morgan fingerprint density at radius 1 is 1.19 bits per heavy atom. The fraction of sp³-hybridized carbons (Fsp3) is 0.682. The molecule has 0 atom stereocenters. The Morgan fingerprint density at radius 3 is 2.42 bits per heavy atom. The molecule has 1 saturated heterocycles. The van der Waals surface area contributed by atoms with Gasteiger partial charge in [0.2, 0.25) is 5.91 Å². The average Bonchev–Trinajstić information content (AvgIpc) is 3.01. The minimum atomic E-state index is -4.90. The van der Waals surface area contributed by atoms with Gasteiger partial charge >= 0.3 is 12.1 Å². The number of alkyl halides is 3. The van der Waals surface area contributed by atoms with Crippen molar-refractivity contribution < 1.29 is 22.8 Å². The number of likely N-dealkylation sites (tertiary alicyclic amines) is 1. The van der Waals surface area contributed by atoms with Gasteiger partial charge < -0.3 is 15.5 Å². The summed E-state index contributed by atoms with van der Waals surface area (Å²) in [6, 6.07) is 5.90. The molecule has 1 spiro atoms. The van der Waals surface area contributed by atoms with Gasteiger partial charge in [-0.3, -0.25) is 14.6 Å². The Bertz CT molecular complexity index is 803. The van der Waals surface area contributed by atoms with Gasteiger partial charge in [0, 0.05) is 32.3 Å². The Morgan fingerprint density at radius 2 is 1.87 bits per heavy atom. The van der Waals surface area contributed by atoms with Crippen LogP contribution < -0.4 is 10.6 Å². The second-order valence-corrected chi connectivity index (χ2v) is 9.82. The van der Waals surface area contributed by atoms with E-state index in [4.69, 9.17) is 0 Å². The maximum atomic E-state index is 12.8. The van der Waals surface area contributed by atoms with Gasteiger partial charge in [0.1, 0.15) is 0 Å². The number of nitrogens with zero attached hydrogens (tertiary/aromatic N) is 2. The maximum Gasteiger partial charge on any atom is 0.471 e. The van der Waals surface area contributed by atoms with Crippen LogP contribution in [0, 0.1) is 10.8 Å².